The van der Waals surface area contributed by atoms with Crippen LogP contribution in [0.5, 0.6) is 5.75 Å². The maximum atomic E-state index is 12.7. The van der Waals surface area contributed by atoms with Gasteiger partial charge < -0.3 is 14.5 Å². The smallest absolute Gasteiger partial charge is 0.226 e. The van der Waals surface area contributed by atoms with Crippen LogP contribution in [0.2, 0.25) is 0 Å². The van der Waals surface area contributed by atoms with Crippen molar-refractivity contribution in [2.24, 2.45) is 5.92 Å². The zero-order valence-corrected chi connectivity index (χ0v) is 15.5. The van der Waals surface area contributed by atoms with Gasteiger partial charge in [-0.25, -0.2) is 0 Å². The summed E-state index contributed by atoms with van der Waals surface area (Å²) >= 11 is 0. The van der Waals surface area contributed by atoms with Gasteiger partial charge in [0.1, 0.15) is 11.9 Å². The van der Waals surface area contributed by atoms with Crippen LogP contribution in [0.1, 0.15) is 36.8 Å². The highest BCUT2D eigenvalue weighted by Gasteiger charge is 2.33. The first kappa shape index (κ1) is 17.8. The van der Waals surface area contributed by atoms with E-state index in [-0.39, 0.29) is 23.8 Å². The highest BCUT2D eigenvalue weighted by molar-refractivity contribution is 5.86. The predicted molar refractivity (Wildman–Crippen MR) is 96.5 cm³/mol. The normalized spacial score (nSPS) is 22.2. The van der Waals surface area contributed by atoms with Crippen molar-refractivity contribution in [1.82, 2.24) is 9.80 Å². The minimum atomic E-state index is -0.139. The van der Waals surface area contributed by atoms with E-state index in [0.717, 1.165) is 43.7 Å². The van der Waals surface area contributed by atoms with Crippen LogP contribution >= 0.6 is 0 Å². The van der Waals surface area contributed by atoms with Gasteiger partial charge in [-0.05, 0) is 37.5 Å². The second-order valence-corrected chi connectivity index (χ2v) is 7.42. The van der Waals surface area contributed by atoms with Gasteiger partial charge in [0.2, 0.25) is 11.8 Å². The standard InChI is InChI=1S/C20H28N2O3/c1-14-4-5-15(2)18(12-14)25-17-7-10-22(11-8-17)20(24)16-6-9-21(3)19(23)13-16/h4-5,12,16-17H,6-11,13H2,1-3H3/t16-/m1/s1. The molecule has 0 radical (unpaired) electrons. The number of piperidine rings is 2. The average Bonchev–Trinajstić information content (AvgIpc) is 2.60. The molecule has 0 unspecified atom stereocenters. The number of likely N-dealkylation sites (tertiary alicyclic amines) is 2. The molecule has 0 saturated carbocycles. The van der Waals surface area contributed by atoms with E-state index in [1.807, 2.05) is 4.90 Å². The summed E-state index contributed by atoms with van der Waals surface area (Å²) in [7, 11) is 1.80. The lowest BCUT2D eigenvalue weighted by atomic mass is 9.94. The summed E-state index contributed by atoms with van der Waals surface area (Å²) in [6, 6.07) is 6.25. The lowest BCUT2D eigenvalue weighted by Gasteiger charge is -2.36. The van der Waals surface area contributed by atoms with Gasteiger partial charge in [-0.1, -0.05) is 12.1 Å². The van der Waals surface area contributed by atoms with Crippen LogP contribution in [0.3, 0.4) is 0 Å². The molecular formula is C20H28N2O3. The summed E-state index contributed by atoms with van der Waals surface area (Å²) in [5, 5.41) is 0. The molecule has 0 aromatic heterocycles. The second kappa shape index (κ2) is 7.46. The first-order valence-electron chi connectivity index (χ1n) is 9.20. The lowest BCUT2D eigenvalue weighted by molar-refractivity contribution is -0.145. The Kier molecular flexibility index (Phi) is 5.30. The number of ether oxygens (including phenoxy) is 1. The van der Waals surface area contributed by atoms with Crippen molar-refractivity contribution >= 4 is 11.8 Å². The molecule has 1 aromatic carbocycles. The molecule has 0 N–H and O–H groups in total. The highest BCUT2D eigenvalue weighted by atomic mass is 16.5. The number of amides is 2. The lowest BCUT2D eigenvalue weighted by Crippen LogP contribution is -2.47. The quantitative estimate of drug-likeness (QED) is 0.847. The summed E-state index contributed by atoms with van der Waals surface area (Å²) in [6.45, 7) is 6.24. The van der Waals surface area contributed by atoms with Gasteiger partial charge in [0.15, 0.2) is 0 Å². The van der Waals surface area contributed by atoms with Crippen molar-refractivity contribution in [3.8, 4) is 5.75 Å². The third-order valence-electron chi connectivity index (χ3n) is 5.40. The number of rotatable bonds is 3. The molecular weight excluding hydrogens is 316 g/mol. The molecule has 2 saturated heterocycles. The Morgan fingerprint density at radius 1 is 1.12 bits per heavy atom. The first-order valence-corrected chi connectivity index (χ1v) is 9.20. The molecule has 1 atom stereocenters. The summed E-state index contributed by atoms with van der Waals surface area (Å²) < 4.78 is 6.17. The van der Waals surface area contributed by atoms with Crippen LogP contribution in [-0.4, -0.2) is 54.4 Å². The molecule has 2 aliphatic heterocycles. The van der Waals surface area contributed by atoms with Gasteiger partial charge >= 0.3 is 0 Å². The van der Waals surface area contributed by atoms with Crippen molar-refractivity contribution in [1.29, 1.82) is 0 Å². The van der Waals surface area contributed by atoms with Gasteiger partial charge in [0.25, 0.3) is 0 Å². The minimum absolute atomic E-state index is 0.0812. The molecule has 136 valence electrons. The van der Waals surface area contributed by atoms with E-state index < -0.39 is 0 Å². The third-order valence-corrected chi connectivity index (χ3v) is 5.40. The van der Waals surface area contributed by atoms with E-state index in [1.54, 1.807) is 11.9 Å². The number of carbonyl (C=O) groups is 2. The minimum Gasteiger partial charge on any atom is -0.490 e. The molecule has 0 aliphatic carbocycles. The Balaban J connectivity index is 1.52. The number of hydrogen-bond donors (Lipinski definition) is 0. The highest BCUT2D eigenvalue weighted by Crippen LogP contribution is 2.26. The maximum absolute atomic E-state index is 12.7. The molecule has 3 rings (SSSR count). The van der Waals surface area contributed by atoms with Crippen LogP contribution in [0.4, 0.5) is 0 Å². The first-order chi connectivity index (χ1) is 11.9. The molecule has 1 aromatic rings. The summed E-state index contributed by atoms with van der Waals surface area (Å²) in [6.07, 6.45) is 2.98. The van der Waals surface area contributed by atoms with E-state index in [4.69, 9.17) is 4.74 Å². The third kappa shape index (κ3) is 4.14. The van der Waals surface area contributed by atoms with Crippen molar-refractivity contribution in [2.75, 3.05) is 26.7 Å². The number of carbonyl (C=O) groups excluding carboxylic acids is 2. The Hall–Kier alpha value is -2.04. The second-order valence-electron chi connectivity index (χ2n) is 7.42. The van der Waals surface area contributed by atoms with Gasteiger partial charge in [-0.15, -0.1) is 0 Å². The Labute approximate surface area is 149 Å². The van der Waals surface area contributed by atoms with Gasteiger partial charge in [-0.2, -0.15) is 0 Å². The summed E-state index contributed by atoms with van der Waals surface area (Å²) in [4.78, 5) is 28.2. The largest absolute Gasteiger partial charge is 0.490 e. The fourth-order valence-electron chi connectivity index (χ4n) is 3.62. The molecule has 2 heterocycles. The van der Waals surface area contributed by atoms with E-state index in [0.29, 0.717) is 13.0 Å². The molecule has 0 spiro atoms. The topological polar surface area (TPSA) is 49.9 Å². The fourth-order valence-corrected chi connectivity index (χ4v) is 3.62. The maximum Gasteiger partial charge on any atom is 0.226 e. The molecule has 5 heteroatoms. The Morgan fingerprint density at radius 2 is 1.84 bits per heavy atom. The van der Waals surface area contributed by atoms with E-state index >= 15 is 0 Å². The van der Waals surface area contributed by atoms with Crippen molar-refractivity contribution in [3.05, 3.63) is 29.3 Å². The average molecular weight is 344 g/mol. The van der Waals surface area contributed by atoms with E-state index in [9.17, 15) is 9.59 Å². The summed E-state index contributed by atoms with van der Waals surface area (Å²) in [5.41, 5.74) is 2.34. The molecule has 5 nitrogen and oxygen atoms in total. The van der Waals surface area contributed by atoms with E-state index in [2.05, 4.69) is 32.0 Å². The fraction of sp³-hybridized carbons (Fsp3) is 0.600. The number of hydrogen-bond acceptors (Lipinski definition) is 3. The Bertz CT molecular complexity index is 650. The SMILES string of the molecule is Cc1ccc(C)c(OC2CCN(C(=O)[C@@H]3CCN(C)C(=O)C3)CC2)c1. The molecule has 2 aliphatic rings. The van der Waals surface area contributed by atoms with Crippen LogP contribution in [-0.2, 0) is 9.59 Å². The predicted octanol–water partition coefficient (Wildman–Crippen LogP) is 2.54. The molecule has 2 amide bonds. The van der Waals surface area contributed by atoms with Gasteiger partial charge in [-0.3, -0.25) is 9.59 Å². The summed E-state index contributed by atoms with van der Waals surface area (Å²) in [5.74, 6) is 1.04. The Morgan fingerprint density at radius 3 is 2.52 bits per heavy atom. The van der Waals surface area contributed by atoms with Gasteiger partial charge in [0, 0.05) is 51.9 Å². The van der Waals surface area contributed by atoms with Crippen LogP contribution < -0.4 is 4.74 Å². The van der Waals surface area contributed by atoms with Crippen LogP contribution in [0.15, 0.2) is 18.2 Å². The van der Waals surface area contributed by atoms with Gasteiger partial charge in [0.05, 0.1) is 0 Å². The number of benzene rings is 1. The van der Waals surface area contributed by atoms with E-state index in [1.165, 1.54) is 5.56 Å². The number of aryl methyl sites for hydroxylation is 2. The van der Waals surface area contributed by atoms with Crippen LogP contribution in [0, 0.1) is 19.8 Å². The van der Waals surface area contributed by atoms with Crippen molar-refractivity contribution < 1.29 is 14.3 Å². The van der Waals surface area contributed by atoms with Crippen LogP contribution in [0.25, 0.3) is 0 Å². The van der Waals surface area contributed by atoms with Crippen molar-refractivity contribution in [2.45, 2.75) is 45.6 Å². The molecule has 2 fully saturated rings. The zero-order valence-electron chi connectivity index (χ0n) is 15.5. The monoisotopic (exact) mass is 344 g/mol. The molecule has 0 bridgehead atoms. The van der Waals surface area contributed by atoms with Crippen molar-refractivity contribution in [3.63, 3.8) is 0 Å². The number of nitrogens with zero attached hydrogens (tertiary/aromatic N) is 2. The molecule has 25 heavy (non-hydrogen) atoms. The zero-order chi connectivity index (χ0) is 18.0.